The van der Waals surface area contributed by atoms with Gasteiger partial charge in [-0.1, -0.05) is 76.7 Å². The fourth-order valence-electron chi connectivity index (χ4n) is 2.81. The molecule has 0 unspecified atom stereocenters. The van der Waals surface area contributed by atoms with E-state index in [4.69, 9.17) is 0 Å². The predicted molar refractivity (Wildman–Crippen MR) is 98.2 cm³/mol. The van der Waals surface area contributed by atoms with Crippen LogP contribution in [0.5, 0.6) is 0 Å². The Bertz CT molecular complexity index is 404. The molecular formula is C21H34Zr. The van der Waals surface area contributed by atoms with Gasteiger partial charge in [-0.3, -0.25) is 0 Å². The summed E-state index contributed by atoms with van der Waals surface area (Å²) in [5.74, 6) is 0. The molecule has 0 aliphatic rings. The van der Waals surface area contributed by atoms with Crippen molar-refractivity contribution in [1.29, 1.82) is 0 Å². The Hall–Kier alpha value is -0.417. The zero-order valence-corrected chi connectivity index (χ0v) is 18.0. The maximum Gasteiger partial charge on any atom is 2.00 e. The van der Waals surface area contributed by atoms with Crippen LogP contribution in [0.15, 0.2) is 0 Å². The number of hydrogen-bond donors (Lipinski definition) is 0. The van der Waals surface area contributed by atoms with Crippen LogP contribution >= 0.6 is 0 Å². The van der Waals surface area contributed by atoms with Gasteiger partial charge in [-0.05, 0) is 0 Å². The summed E-state index contributed by atoms with van der Waals surface area (Å²) in [6.07, 6.45) is 0. The average molecular weight is 378 g/mol. The van der Waals surface area contributed by atoms with Crippen LogP contribution in [0, 0.1) is 69.2 Å². The molecule has 0 N–H and O–H groups in total. The first-order valence-corrected chi connectivity index (χ1v) is 7.50. The van der Waals surface area contributed by atoms with Gasteiger partial charge in [0.15, 0.2) is 0 Å². The van der Waals surface area contributed by atoms with E-state index in [-0.39, 0.29) is 33.6 Å². The molecule has 0 radical (unpaired) electrons. The summed E-state index contributed by atoms with van der Waals surface area (Å²) in [7, 11) is 0. The molecule has 2 rings (SSSR count). The molecule has 0 nitrogen and oxygen atoms in total. The van der Waals surface area contributed by atoms with Crippen molar-refractivity contribution >= 4 is 0 Å². The van der Waals surface area contributed by atoms with Gasteiger partial charge in [-0.2, -0.15) is 55.6 Å². The van der Waals surface area contributed by atoms with Gasteiger partial charge in [-0.15, -0.1) is 0 Å². The molecule has 22 heavy (non-hydrogen) atoms. The van der Waals surface area contributed by atoms with Gasteiger partial charge in [0.05, 0.1) is 0 Å². The first-order chi connectivity index (χ1) is 9.11. The molecule has 0 heterocycles. The standard InChI is InChI=1S/2C10H15.CH4.Zr/c2*1-6-7(2)9(4)10(5)8(6)3;;/h2*1-5H3;1H4;/q2*-1;;+2. The molecule has 0 amide bonds. The maximum atomic E-state index is 2.20. The predicted octanol–water partition coefficient (Wildman–Crippen LogP) is 6.53. The Morgan fingerprint density at radius 1 is 0.455 bits per heavy atom. The minimum atomic E-state index is 0. The smallest absolute Gasteiger partial charge is 0.196 e. The summed E-state index contributed by atoms with van der Waals surface area (Å²) in [6.45, 7) is 22.0. The van der Waals surface area contributed by atoms with Crippen molar-refractivity contribution in [2.24, 2.45) is 0 Å². The SMILES string of the molecule is C.Cc1c(C)c(C)[c-](C)c1C.Cc1c(C)c(C)[c-](C)c1C.[Zr+2]. The molecule has 0 bridgehead atoms. The Morgan fingerprint density at radius 2 is 0.591 bits per heavy atom. The largest absolute Gasteiger partial charge is 2.00 e. The average Bonchev–Trinajstić information content (AvgIpc) is 2.71. The molecule has 0 saturated heterocycles. The molecule has 0 atom stereocenters. The van der Waals surface area contributed by atoms with Gasteiger partial charge in [0.2, 0.25) is 0 Å². The van der Waals surface area contributed by atoms with Crippen LogP contribution in [0.2, 0.25) is 0 Å². The van der Waals surface area contributed by atoms with Gasteiger partial charge >= 0.3 is 26.2 Å². The van der Waals surface area contributed by atoms with E-state index in [1.807, 2.05) is 0 Å². The van der Waals surface area contributed by atoms with Gasteiger partial charge in [0.25, 0.3) is 0 Å². The molecule has 0 fully saturated rings. The second-order valence-corrected chi connectivity index (χ2v) is 6.25. The van der Waals surface area contributed by atoms with E-state index in [2.05, 4.69) is 69.2 Å². The van der Waals surface area contributed by atoms with E-state index < -0.39 is 0 Å². The Morgan fingerprint density at radius 3 is 0.636 bits per heavy atom. The van der Waals surface area contributed by atoms with Gasteiger partial charge in [-0.25, -0.2) is 0 Å². The van der Waals surface area contributed by atoms with Crippen LogP contribution in [0.25, 0.3) is 0 Å². The quantitative estimate of drug-likeness (QED) is 0.458. The summed E-state index contributed by atoms with van der Waals surface area (Å²) < 4.78 is 0. The minimum absolute atomic E-state index is 0. The first-order valence-electron chi connectivity index (χ1n) is 7.50. The van der Waals surface area contributed by atoms with Crippen molar-refractivity contribution in [2.45, 2.75) is 76.7 Å². The molecular weight excluding hydrogens is 343 g/mol. The van der Waals surface area contributed by atoms with Crippen LogP contribution in [0.4, 0.5) is 0 Å². The molecule has 122 valence electrons. The van der Waals surface area contributed by atoms with Crippen molar-refractivity contribution in [1.82, 2.24) is 0 Å². The zero-order valence-electron chi connectivity index (χ0n) is 15.5. The van der Waals surface area contributed by atoms with E-state index in [0.717, 1.165) is 0 Å². The van der Waals surface area contributed by atoms with E-state index >= 15 is 0 Å². The van der Waals surface area contributed by atoms with Crippen LogP contribution in [0.3, 0.4) is 0 Å². The van der Waals surface area contributed by atoms with E-state index in [1.54, 1.807) is 0 Å². The normalized spacial score (nSPS) is 9.55. The first kappa shape index (κ1) is 23.8. The molecule has 2 aromatic rings. The van der Waals surface area contributed by atoms with Crippen molar-refractivity contribution in [2.75, 3.05) is 0 Å². The molecule has 1 heteroatoms. The van der Waals surface area contributed by atoms with Crippen LogP contribution in [0.1, 0.15) is 63.1 Å². The number of hydrogen-bond acceptors (Lipinski definition) is 0. The Balaban J connectivity index is 0. The summed E-state index contributed by atoms with van der Waals surface area (Å²) in [6, 6.07) is 0. The summed E-state index contributed by atoms with van der Waals surface area (Å²) in [5, 5.41) is 0. The fraction of sp³-hybridized carbons (Fsp3) is 0.524. The molecule has 0 aromatic heterocycles. The second kappa shape index (κ2) is 9.02. The zero-order chi connectivity index (χ0) is 15.8. The monoisotopic (exact) mass is 376 g/mol. The maximum absolute atomic E-state index is 2.20. The molecule has 0 spiro atoms. The Labute approximate surface area is 158 Å². The second-order valence-electron chi connectivity index (χ2n) is 6.25. The Kier molecular flexibility index (Phi) is 9.78. The summed E-state index contributed by atoms with van der Waals surface area (Å²) in [4.78, 5) is 0. The van der Waals surface area contributed by atoms with E-state index in [1.165, 1.54) is 55.6 Å². The molecule has 0 saturated carbocycles. The third kappa shape index (κ3) is 4.32. The van der Waals surface area contributed by atoms with Crippen molar-refractivity contribution in [3.05, 3.63) is 55.6 Å². The summed E-state index contributed by atoms with van der Waals surface area (Å²) >= 11 is 0. The van der Waals surface area contributed by atoms with Gasteiger partial charge in [0.1, 0.15) is 0 Å². The van der Waals surface area contributed by atoms with Gasteiger partial charge in [0, 0.05) is 0 Å². The van der Waals surface area contributed by atoms with Crippen molar-refractivity contribution in [3.8, 4) is 0 Å². The van der Waals surface area contributed by atoms with Crippen molar-refractivity contribution < 1.29 is 26.2 Å². The van der Waals surface area contributed by atoms with Gasteiger partial charge < -0.3 is 0 Å². The third-order valence-corrected chi connectivity index (χ3v) is 5.62. The fourth-order valence-corrected chi connectivity index (χ4v) is 2.81. The van der Waals surface area contributed by atoms with E-state index in [0.29, 0.717) is 0 Å². The van der Waals surface area contributed by atoms with E-state index in [9.17, 15) is 0 Å². The minimum Gasteiger partial charge on any atom is -0.196 e. The third-order valence-electron chi connectivity index (χ3n) is 5.62. The number of rotatable bonds is 0. The van der Waals surface area contributed by atoms with Crippen LogP contribution < -0.4 is 0 Å². The topological polar surface area (TPSA) is 0 Å². The molecule has 0 aliphatic carbocycles. The summed E-state index contributed by atoms with van der Waals surface area (Å²) in [5.41, 5.74) is 14.7. The van der Waals surface area contributed by atoms with Crippen molar-refractivity contribution in [3.63, 3.8) is 0 Å². The molecule has 0 aliphatic heterocycles. The molecule has 2 aromatic carbocycles. The van der Waals surface area contributed by atoms with Crippen LogP contribution in [-0.2, 0) is 26.2 Å². The van der Waals surface area contributed by atoms with Crippen LogP contribution in [-0.4, -0.2) is 0 Å².